The zero-order valence-electron chi connectivity index (χ0n) is 10.5. The molecule has 17 heavy (non-hydrogen) atoms. The first-order valence-electron chi connectivity index (χ1n) is 5.68. The molecule has 94 valence electrons. The molecular formula is C13H19BrN2O. The van der Waals surface area contributed by atoms with Gasteiger partial charge in [-0.15, -0.1) is 0 Å². The Morgan fingerprint density at radius 2 is 2.24 bits per heavy atom. The molecule has 0 aliphatic heterocycles. The minimum atomic E-state index is 0.0113. The number of carbonyl (C=O) groups is 1. The molecule has 4 heteroatoms. The molecule has 1 aromatic carbocycles. The molecule has 1 amide bonds. The molecule has 0 saturated carbocycles. The molecule has 0 saturated heterocycles. The Hall–Kier alpha value is -0.870. The predicted molar refractivity (Wildman–Crippen MR) is 73.7 cm³/mol. The van der Waals surface area contributed by atoms with Crippen LogP contribution in [-0.4, -0.2) is 31.4 Å². The lowest BCUT2D eigenvalue weighted by Crippen LogP contribution is -2.35. The van der Waals surface area contributed by atoms with Crippen molar-refractivity contribution in [3.8, 4) is 0 Å². The van der Waals surface area contributed by atoms with E-state index in [0.717, 1.165) is 10.0 Å². The quantitative estimate of drug-likeness (QED) is 0.904. The number of hydrogen-bond donors (Lipinski definition) is 1. The molecule has 0 spiro atoms. The summed E-state index contributed by atoms with van der Waals surface area (Å²) in [5.41, 5.74) is 1.13. The second-order valence-electron chi connectivity index (χ2n) is 4.28. The molecular weight excluding hydrogens is 280 g/mol. The number of hydrogen-bond acceptors (Lipinski definition) is 2. The van der Waals surface area contributed by atoms with Gasteiger partial charge in [-0.3, -0.25) is 4.79 Å². The lowest BCUT2D eigenvalue weighted by Gasteiger charge is -2.21. The number of amides is 1. The lowest BCUT2D eigenvalue weighted by atomic mass is 10.1. The summed E-state index contributed by atoms with van der Waals surface area (Å²) in [7, 11) is 3.70. The lowest BCUT2D eigenvalue weighted by molar-refractivity contribution is -0.134. The third-order valence-electron chi connectivity index (χ3n) is 2.62. The fraction of sp³-hybridized carbons (Fsp3) is 0.462. The third-order valence-corrected chi connectivity index (χ3v) is 3.11. The molecule has 0 aliphatic carbocycles. The number of carbonyl (C=O) groups excluding carboxylic acids is 1. The van der Waals surface area contributed by atoms with Crippen LogP contribution in [-0.2, 0) is 11.3 Å². The van der Waals surface area contributed by atoms with Crippen molar-refractivity contribution < 1.29 is 4.79 Å². The molecule has 1 N–H and O–H groups in total. The van der Waals surface area contributed by atoms with Crippen LogP contribution in [0.1, 0.15) is 12.5 Å². The van der Waals surface area contributed by atoms with Crippen LogP contribution < -0.4 is 5.32 Å². The van der Waals surface area contributed by atoms with Crippen molar-refractivity contribution in [1.82, 2.24) is 10.2 Å². The topological polar surface area (TPSA) is 32.3 Å². The van der Waals surface area contributed by atoms with Crippen molar-refractivity contribution in [3.05, 3.63) is 34.3 Å². The summed E-state index contributed by atoms with van der Waals surface area (Å²) < 4.78 is 1.04. The SMILES string of the molecule is CNCC(C)C(=O)N(C)Cc1cccc(Br)c1. The van der Waals surface area contributed by atoms with Crippen LogP contribution in [0.5, 0.6) is 0 Å². The van der Waals surface area contributed by atoms with E-state index in [9.17, 15) is 4.79 Å². The van der Waals surface area contributed by atoms with Gasteiger partial charge in [0, 0.05) is 30.5 Å². The van der Waals surface area contributed by atoms with Gasteiger partial charge in [-0.2, -0.15) is 0 Å². The van der Waals surface area contributed by atoms with Crippen molar-refractivity contribution in [2.45, 2.75) is 13.5 Å². The van der Waals surface area contributed by atoms with Crippen LogP contribution in [0.15, 0.2) is 28.7 Å². The number of nitrogens with zero attached hydrogens (tertiary/aromatic N) is 1. The van der Waals surface area contributed by atoms with Gasteiger partial charge in [0.2, 0.25) is 5.91 Å². The molecule has 0 bridgehead atoms. The van der Waals surface area contributed by atoms with Gasteiger partial charge in [0.25, 0.3) is 0 Å². The summed E-state index contributed by atoms with van der Waals surface area (Å²) in [5.74, 6) is 0.177. The second-order valence-corrected chi connectivity index (χ2v) is 5.20. The van der Waals surface area contributed by atoms with Gasteiger partial charge >= 0.3 is 0 Å². The third kappa shape index (κ3) is 4.48. The molecule has 0 aliphatic rings. The van der Waals surface area contributed by atoms with Crippen LogP contribution in [0.4, 0.5) is 0 Å². The Labute approximate surface area is 111 Å². The molecule has 1 rings (SSSR count). The van der Waals surface area contributed by atoms with Crippen LogP contribution in [0.3, 0.4) is 0 Å². The van der Waals surface area contributed by atoms with Gasteiger partial charge in [-0.25, -0.2) is 0 Å². The highest BCUT2D eigenvalue weighted by Gasteiger charge is 2.16. The molecule has 0 heterocycles. The van der Waals surface area contributed by atoms with Gasteiger partial charge in [-0.05, 0) is 24.7 Å². The Kier molecular flexibility index (Phi) is 5.65. The minimum absolute atomic E-state index is 0.0113. The number of halogens is 1. The van der Waals surface area contributed by atoms with Crippen molar-refractivity contribution in [3.63, 3.8) is 0 Å². The van der Waals surface area contributed by atoms with Crippen molar-refractivity contribution >= 4 is 21.8 Å². The maximum atomic E-state index is 12.0. The van der Waals surface area contributed by atoms with E-state index < -0.39 is 0 Å². The van der Waals surface area contributed by atoms with Crippen LogP contribution in [0.25, 0.3) is 0 Å². The average molecular weight is 299 g/mol. The molecule has 0 aromatic heterocycles. The van der Waals surface area contributed by atoms with E-state index in [1.54, 1.807) is 4.90 Å². The van der Waals surface area contributed by atoms with Gasteiger partial charge < -0.3 is 10.2 Å². The van der Waals surface area contributed by atoms with Crippen LogP contribution >= 0.6 is 15.9 Å². The smallest absolute Gasteiger partial charge is 0.226 e. The van der Waals surface area contributed by atoms with Crippen molar-refractivity contribution in [2.75, 3.05) is 20.6 Å². The van der Waals surface area contributed by atoms with Gasteiger partial charge in [-0.1, -0.05) is 35.0 Å². The largest absolute Gasteiger partial charge is 0.341 e. The Morgan fingerprint density at radius 3 is 2.82 bits per heavy atom. The van der Waals surface area contributed by atoms with Gasteiger partial charge in [0.15, 0.2) is 0 Å². The first-order chi connectivity index (χ1) is 8.04. The number of rotatable bonds is 5. The van der Waals surface area contributed by atoms with Crippen molar-refractivity contribution in [1.29, 1.82) is 0 Å². The van der Waals surface area contributed by atoms with Gasteiger partial charge in [0.1, 0.15) is 0 Å². The first kappa shape index (κ1) is 14.2. The number of nitrogens with one attached hydrogen (secondary N) is 1. The molecule has 3 nitrogen and oxygen atoms in total. The summed E-state index contributed by atoms with van der Waals surface area (Å²) in [4.78, 5) is 13.8. The molecule has 1 unspecified atom stereocenters. The molecule has 1 aromatic rings. The average Bonchev–Trinajstić information content (AvgIpc) is 2.28. The molecule has 0 radical (unpaired) electrons. The summed E-state index contributed by atoms with van der Waals surface area (Å²) >= 11 is 3.43. The summed E-state index contributed by atoms with van der Waals surface area (Å²) in [6.07, 6.45) is 0. The second kappa shape index (κ2) is 6.77. The van der Waals surface area contributed by atoms with E-state index in [-0.39, 0.29) is 11.8 Å². The summed E-state index contributed by atoms with van der Waals surface area (Å²) in [6, 6.07) is 8.02. The Balaban J connectivity index is 2.59. The summed E-state index contributed by atoms with van der Waals surface area (Å²) in [5, 5.41) is 3.02. The van der Waals surface area contributed by atoms with Crippen LogP contribution in [0, 0.1) is 5.92 Å². The van der Waals surface area contributed by atoms with Gasteiger partial charge in [0.05, 0.1) is 0 Å². The zero-order chi connectivity index (χ0) is 12.8. The molecule has 0 fully saturated rings. The van der Waals surface area contributed by atoms with Crippen molar-refractivity contribution in [2.24, 2.45) is 5.92 Å². The standard InChI is InChI=1S/C13H19BrN2O/c1-10(8-15-2)13(17)16(3)9-11-5-4-6-12(14)7-11/h4-7,10,15H,8-9H2,1-3H3. The Bertz CT molecular complexity index is 381. The number of benzene rings is 1. The highest BCUT2D eigenvalue weighted by Crippen LogP contribution is 2.13. The maximum absolute atomic E-state index is 12.0. The van der Waals surface area contributed by atoms with E-state index in [1.807, 2.05) is 45.3 Å². The van der Waals surface area contributed by atoms with E-state index in [4.69, 9.17) is 0 Å². The minimum Gasteiger partial charge on any atom is -0.341 e. The summed E-state index contributed by atoms with van der Waals surface area (Å²) in [6.45, 7) is 3.30. The highest BCUT2D eigenvalue weighted by atomic mass is 79.9. The molecule has 1 atom stereocenters. The first-order valence-corrected chi connectivity index (χ1v) is 6.48. The maximum Gasteiger partial charge on any atom is 0.226 e. The predicted octanol–water partition coefficient (Wildman–Crippen LogP) is 2.26. The fourth-order valence-corrected chi connectivity index (χ4v) is 2.20. The van der Waals surface area contributed by atoms with E-state index in [0.29, 0.717) is 13.1 Å². The zero-order valence-corrected chi connectivity index (χ0v) is 12.1. The van der Waals surface area contributed by atoms with E-state index >= 15 is 0 Å². The van der Waals surface area contributed by atoms with E-state index in [1.165, 1.54) is 0 Å². The Morgan fingerprint density at radius 1 is 1.53 bits per heavy atom. The fourth-order valence-electron chi connectivity index (χ4n) is 1.76. The highest BCUT2D eigenvalue weighted by molar-refractivity contribution is 9.10. The normalized spacial score (nSPS) is 12.2. The van der Waals surface area contributed by atoms with Crippen LogP contribution in [0.2, 0.25) is 0 Å². The monoisotopic (exact) mass is 298 g/mol. The van der Waals surface area contributed by atoms with E-state index in [2.05, 4.69) is 21.2 Å².